The van der Waals surface area contributed by atoms with Crippen LogP contribution >= 0.6 is 0 Å². The number of ether oxygens (including phenoxy) is 1. The van der Waals surface area contributed by atoms with Crippen molar-refractivity contribution in [3.63, 3.8) is 0 Å². The summed E-state index contributed by atoms with van der Waals surface area (Å²) in [5.41, 5.74) is 0. The molecule has 22 heteroatoms. The summed E-state index contributed by atoms with van der Waals surface area (Å²) in [6.07, 6.45) is -12.2. The average molecular weight is 676 g/mol. The first kappa shape index (κ1) is 40.5. The van der Waals surface area contributed by atoms with Crippen molar-refractivity contribution in [1.82, 2.24) is 0 Å². The lowest BCUT2D eigenvalue weighted by Crippen LogP contribution is -2.77. The Hall–Kier alpha value is -1.51. The van der Waals surface area contributed by atoms with Gasteiger partial charge in [0.25, 0.3) is 0 Å². The lowest BCUT2D eigenvalue weighted by molar-refractivity contribution is -0.484. The highest BCUT2D eigenvalue weighted by Crippen LogP contribution is 2.66. The summed E-state index contributed by atoms with van der Waals surface area (Å²) >= 11 is 0. The van der Waals surface area contributed by atoms with Crippen LogP contribution in [0.4, 0.5) is 92.2 Å². The van der Waals surface area contributed by atoms with E-state index < -0.39 is 72.7 Å². The number of unbranched alkanes of at least 4 members (excludes halogenated alkanes) is 7. The Bertz CT molecular complexity index is 860. The maximum atomic E-state index is 13.8. The largest absolute Gasteiger partial charge is 0.460 e. The fraction of sp³-hybridized carbons (Fsp3) is 1.00. The van der Waals surface area contributed by atoms with Crippen LogP contribution < -0.4 is 0 Å². The van der Waals surface area contributed by atoms with Gasteiger partial charge >= 0.3 is 59.7 Å². The van der Waals surface area contributed by atoms with Crippen LogP contribution in [0.15, 0.2) is 0 Å². The molecule has 0 aromatic rings. The molecule has 0 N–H and O–H groups in total. The maximum Gasteiger partial charge on any atom is 0.460 e. The zero-order valence-corrected chi connectivity index (χ0v) is 20.7. The molecule has 0 heterocycles. The van der Waals surface area contributed by atoms with Gasteiger partial charge in [0.05, 0.1) is 6.61 Å². The first-order chi connectivity index (χ1) is 18.3. The third-order valence-electron chi connectivity index (χ3n) is 5.76. The third-order valence-corrected chi connectivity index (χ3v) is 5.76. The molecule has 0 aliphatic rings. The van der Waals surface area contributed by atoms with E-state index in [0.29, 0.717) is 12.8 Å². The fourth-order valence-electron chi connectivity index (χ4n) is 3.07. The lowest BCUT2D eigenvalue weighted by atomic mass is 9.87. The van der Waals surface area contributed by atoms with E-state index in [0.717, 1.165) is 19.3 Å². The van der Waals surface area contributed by atoms with Crippen LogP contribution in [-0.4, -0.2) is 66.3 Å². The maximum absolute atomic E-state index is 13.8. The van der Waals surface area contributed by atoms with Crippen LogP contribution in [0.25, 0.3) is 0 Å². The van der Waals surface area contributed by atoms with Crippen LogP contribution in [-0.2, 0) is 4.74 Å². The molecule has 0 spiro atoms. The SMILES string of the molecule is CCCCCCCCCCOC(F)(F)C(F)(F)C(F)(F)C(F)(F)C(F)(F)C(F)(F)C(F)(F)C(F)(F)C(F)(F)C(F)(F)F. The van der Waals surface area contributed by atoms with E-state index in [1.165, 1.54) is 0 Å². The highest BCUT2D eigenvalue weighted by Gasteiger charge is 2.98. The molecule has 0 rings (SSSR count). The Morgan fingerprint density at radius 1 is 0.333 bits per heavy atom. The number of hydrogen-bond donors (Lipinski definition) is 0. The van der Waals surface area contributed by atoms with Gasteiger partial charge in [-0.3, -0.25) is 0 Å². The van der Waals surface area contributed by atoms with E-state index in [-0.39, 0.29) is 12.8 Å². The zero-order valence-electron chi connectivity index (χ0n) is 20.7. The second kappa shape index (κ2) is 12.5. The predicted molar refractivity (Wildman–Crippen MR) is 99.1 cm³/mol. The van der Waals surface area contributed by atoms with Crippen molar-refractivity contribution in [2.75, 3.05) is 6.61 Å². The minimum atomic E-state index is -9.17. The number of halogens is 21. The van der Waals surface area contributed by atoms with Crippen LogP contribution in [0, 0.1) is 0 Å². The van der Waals surface area contributed by atoms with E-state index in [1.807, 2.05) is 6.92 Å². The van der Waals surface area contributed by atoms with Crippen molar-refractivity contribution >= 4 is 0 Å². The third kappa shape index (κ3) is 6.46. The summed E-state index contributed by atoms with van der Waals surface area (Å²) in [4.78, 5) is 0. The molecule has 0 saturated heterocycles. The summed E-state index contributed by atoms with van der Waals surface area (Å²) in [6.45, 7) is 0.162. The molecule has 0 aromatic heterocycles. The second-order valence-corrected chi connectivity index (χ2v) is 8.93. The summed E-state index contributed by atoms with van der Waals surface area (Å²) in [6, 6.07) is 0. The number of alkyl halides is 21. The molecule has 0 fully saturated rings. The van der Waals surface area contributed by atoms with E-state index in [1.54, 1.807) is 0 Å². The van der Waals surface area contributed by atoms with Gasteiger partial charge in [0.15, 0.2) is 0 Å². The topological polar surface area (TPSA) is 9.23 Å². The molecule has 0 saturated carbocycles. The van der Waals surface area contributed by atoms with E-state index in [4.69, 9.17) is 0 Å². The van der Waals surface area contributed by atoms with Gasteiger partial charge in [-0.15, -0.1) is 0 Å². The zero-order chi connectivity index (χ0) is 34.1. The van der Waals surface area contributed by atoms with Gasteiger partial charge in [0, 0.05) is 0 Å². The molecule has 0 aromatic carbocycles. The normalized spacial score (nSPS) is 15.9. The van der Waals surface area contributed by atoms with Crippen molar-refractivity contribution in [1.29, 1.82) is 0 Å². The molecular weight excluding hydrogens is 655 g/mol. The summed E-state index contributed by atoms with van der Waals surface area (Å²) in [7, 11) is 0. The molecular formula is C20H21F21O. The molecule has 0 aliphatic carbocycles. The van der Waals surface area contributed by atoms with Gasteiger partial charge in [0.2, 0.25) is 0 Å². The molecule has 0 amide bonds. The van der Waals surface area contributed by atoms with Crippen LogP contribution in [0.5, 0.6) is 0 Å². The first-order valence-corrected chi connectivity index (χ1v) is 11.4. The van der Waals surface area contributed by atoms with Gasteiger partial charge < -0.3 is 4.74 Å². The van der Waals surface area contributed by atoms with Crippen molar-refractivity contribution in [3.05, 3.63) is 0 Å². The van der Waals surface area contributed by atoms with E-state index in [9.17, 15) is 92.2 Å². The van der Waals surface area contributed by atoms with Crippen molar-refractivity contribution in [3.8, 4) is 0 Å². The molecule has 0 aliphatic heterocycles. The minimum Gasteiger partial charge on any atom is -0.316 e. The standard InChI is InChI=1S/C20H21F21O/c1-2-3-4-5-6-7-8-9-10-42-20(40,41)18(35,36)16(31,32)14(27,28)12(23,24)11(21,22)13(25,26)15(29,30)17(33,34)19(37,38)39/h2-10H2,1H3. The molecule has 1 nitrogen and oxygen atoms in total. The summed E-state index contributed by atoms with van der Waals surface area (Å²) in [5, 5.41) is 0. The smallest absolute Gasteiger partial charge is 0.316 e. The molecule has 0 bridgehead atoms. The molecule has 0 radical (unpaired) electrons. The van der Waals surface area contributed by atoms with Crippen LogP contribution in [0.3, 0.4) is 0 Å². The molecule has 0 atom stereocenters. The van der Waals surface area contributed by atoms with Gasteiger partial charge in [-0.05, 0) is 6.42 Å². The quantitative estimate of drug-likeness (QED) is 0.104. The highest BCUT2D eigenvalue weighted by atomic mass is 19.4. The Morgan fingerprint density at radius 3 is 0.905 bits per heavy atom. The van der Waals surface area contributed by atoms with Gasteiger partial charge in [-0.1, -0.05) is 51.9 Å². The number of rotatable bonds is 18. The Labute approximate surface area is 222 Å². The monoisotopic (exact) mass is 676 g/mol. The predicted octanol–water partition coefficient (Wildman–Crippen LogP) is 10.4. The van der Waals surface area contributed by atoms with Crippen LogP contribution in [0.2, 0.25) is 0 Å². The van der Waals surface area contributed by atoms with Gasteiger partial charge in [-0.2, -0.15) is 92.2 Å². The van der Waals surface area contributed by atoms with E-state index >= 15 is 0 Å². The fourth-order valence-corrected chi connectivity index (χ4v) is 3.07. The molecule has 42 heavy (non-hydrogen) atoms. The second-order valence-electron chi connectivity index (χ2n) is 8.93. The van der Waals surface area contributed by atoms with Crippen molar-refractivity contribution in [2.45, 2.75) is 118 Å². The Morgan fingerprint density at radius 2 is 0.595 bits per heavy atom. The lowest BCUT2D eigenvalue weighted by Gasteiger charge is -2.44. The molecule has 0 unspecified atom stereocenters. The Kier molecular flexibility index (Phi) is 12.0. The summed E-state index contributed by atoms with van der Waals surface area (Å²) in [5.74, 6) is -70.4. The first-order valence-electron chi connectivity index (χ1n) is 11.4. The van der Waals surface area contributed by atoms with Crippen LogP contribution in [0.1, 0.15) is 58.3 Å². The van der Waals surface area contributed by atoms with Gasteiger partial charge in [0.1, 0.15) is 0 Å². The molecule has 254 valence electrons. The number of hydrogen-bond acceptors (Lipinski definition) is 1. The summed E-state index contributed by atoms with van der Waals surface area (Å²) < 4.78 is 282. The van der Waals surface area contributed by atoms with Gasteiger partial charge in [-0.25, -0.2) is 0 Å². The van der Waals surface area contributed by atoms with Crippen molar-refractivity contribution < 1.29 is 96.9 Å². The Balaban J connectivity index is 6.21. The minimum absolute atomic E-state index is 0.142. The highest BCUT2D eigenvalue weighted by molar-refractivity contribution is 5.17. The van der Waals surface area contributed by atoms with E-state index in [2.05, 4.69) is 4.74 Å². The average Bonchev–Trinajstić information content (AvgIpc) is 2.81. The van der Waals surface area contributed by atoms with Crippen molar-refractivity contribution in [2.24, 2.45) is 0 Å².